The molecule has 0 aliphatic heterocycles. The second-order valence-electron chi connectivity index (χ2n) is 4.63. The Bertz CT molecular complexity index is 422. The molecule has 0 spiro atoms. The normalized spacial score (nSPS) is 10.5. The van der Waals surface area contributed by atoms with Crippen molar-refractivity contribution in [1.82, 2.24) is 10.2 Å². The monoisotopic (exact) mass is 302 g/mol. The van der Waals surface area contributed by atoms with Gasteiger partial charge in [-0.15, -0.1) is 0 Å². The van der Waals surface area contributed by atoms with Crippen LogP contribution in [0.1, 0.15) is 18.4 Å². The van der Waals surface area contributed by atoms with Gasteiger partial charge >= 0.3 is 0 Å². The molecule has 0 fully saturated rings. The molecule has 0 aliphatic rings. The molecule has 0 radical (unpaired) electrons. The lowest BCUT2D eigenvalue weighted by Crippen LogP contribution is -2.24. The maximum atomic E-state index is 11.3. The number of halogens is 2. The third-order valence-electron chi connectivity index (χ3n) is 2.83. The Morgan fingerprint density at radius 3 is 2.63 bits per heavy atom. The van der Waals surface area contributed by atoms with Gasteiger partial charge in [-0.25, -0.2) is 0 Å². The van der Waals surface area contributed by atoms with E-state index in [9.17, 15) is 4.79 Å². The molecule has 5 heteroatoms. The lowest BCUT2D eigenvalue weighted by molar-refractivity contribution is -0.128. The van der Waals surface area contributed by atoms with Gasteiger partial charge in [-0.05, 0) is 43.6 Å². The van der Waals surface area contributed by atoms with Gasteiger partial charge in [0.2, 0.25) is 5.91 Å². The first-order valence-electron chi connectivity index (χ1n) is 6.35. The molecular formula is C14H20Cl2N2O. The van der Waals surface area contributed by atoms with Crippen molar-refractivity contribution >= 4 is 29.1 Å². The van der Waals surface area contributed by atoms with Gasteiger partial charge in [0, 0.05) is 30.6 Å². The molecule has 0 atom stereocenters. The maximum absolute atomic E-state index is 11.3. The Morgan fingerprint density at radius 2 is 2.00 bits per heavy atom. The SMILES string of the molecule is CN(C)C(=O)CCCNCCc1ccc(Cl)cc1Cl. The predicted molar refractivity (Wildman–Crippen MR) is 81.0 cm³/mol. The van der Waals surface area contributed by atoms with Crippen molar-refractivity contribution in [2.45, 2.75) is 19.3 Å². The van der Waals surface area contributed by atoms with Crippen molar-refractivity contribution in [3.8, 4) is 0 Å². The Hall–Kier alpha value is -0.770. The highest BCUT2D eigenvalue weighted by Crippen LogP contribution is 2.20. The molecule has 0 unspecified atom stereocenters. The van der Waals surface area contributed by atoms with E-state index in [1.807, 2.05) is 12.1 Å². The van der Waals surface area contributed by atoms with Gasteiger partial charge in [0.15, 0.2) is 0 Å². The van der Waals surface area contributed by atoms with Crippen molar-refractivity contribution in [3.05, 3.63) is 33.8 Å². The highest BCUT2D eigenvalue weighted by Gasteiger charge is 2.03. The number of benzene rings is 1. The molecule has 0 saturated carbocycles. The summed E-state index contributed by atoms with van der Waals surface area (Å²) in [6.45, 7) is 1.68. The molecule has 106 valence electrons. The summed E-state index contributed by atoms with van der Waals surface area (Å²) in [6.07, 6.45) is 2.30. The minimum absolute atomic E-state index is 0.169. The average Bonchev–Trinajstić information content (AvgIpc) is 2.35. The van der Waals surface area contributed by atoms with Gasteiger partial charge in [-0.2, -0.15) is 0 Å². The average molecular weight is 303 g/mol. The number of hydrogen-bond donors (Lipinski definition) is 1. The Kier molecular flexibility index (Phi) is 7.21. The van der Waals surface area contributed by atoms with E-state index in [4.69, 9.17) is 23.2 Å². The van der Waals surface area contributed by atoms with Crippen LogP contribution in [0.2, 0.25) is 10.0 Å². The third-order valence-corrected chi connectivity index (χ3v) is 3.42. The van der Waals surface area contributed by atoms with E-state index >= 15 is 0 Å². The Balaban J connectivity index is 2.16. The summed E-state index contributed by atoms with van der Waals surface area (Å²) in [4.78, 5) is 13.0. The largest absolute Gasteiger partial charge is 0.349 e. The summed E-state index contributed by atoms with van der Waals surface area (Å²) in [5.74, 6) is 0.169. The van der Waals surface area contributed by atoms with E-state index in [-0.39, 0.29) is 5.91 Å². The van der Waals surface area contributed by atoms with Gasteiger partial charge in [0.05, 0.1) is 0 Å². The summed E-state index contributed by atoms with van der Waals surface area (Å²) in [7, 11) is 3.55. The van der Waals surface area contributed by atoms with Crippen molar-refractivity contribution in [1.29, 1.82) is 0 Å². The summed E-state index contributed by atoms with van der Waals surface area (Å²) >= 11 is 11.9. The molecule has 0 saturated heterocycles. The van der Waals surface area contributed by atoms with E-state index < -0.39 is 0 Å². The van der Waals surface area contributed by atoms with Crippen molar-refractivity contribution in [2.24, 2.45) is 0 Å². The zero-order valence-electron chi connectivity index (χ0n) is 11.4. The highest BCUT2D eigenvalue weighted by atomic mass is 35.5. The molecule has 1 aromatic carbocycles. The van der Waals surface area contributed by atoms with Gasteiger partial charge in [0.25, 0.3) is 0 Å². The first-order chi connectivity index (χ1) is 9.00. The number of amides is 1. The van der Waals surface area contributed by atoms with Crippen LogP contribution in [0.3, 0.4) is 0 Å². The minimum atomic E-state index is 0.169. The van der Waals surface area contributed by atoms with Crippen LogP contribution in [0, 0.1) is 0 Å². The van der Waals surface area contributed by atoms with Gasteiger partial charge in [-0.1, -0.05) is 29.3 Å². The molecule has 1 rings (SSSR count). The van der Waals surface area contributed by atoms with Crippen LogP contribution in [-0.4, -0.2) is 38.0 Å². The van der Waals surface area contributed by atoms with Crippen LogP contribution in [0.25, 0.3) is 0 Å². The first kappa shape index (κ1) is 16.3. The molecule has 0 aromatic heterocycles. The molecule has 1 amide bonds. The number of nitrogens with one attached hydrogen (secondary N) is 1. The Labute approximate surface area is 124 Å². The zero-order chi connectivity index (χ0) is 14.3. The summed E-state index contributed by atoms with van der Waals surface area (Å²) in [6, 6.07) is 5.55. The summed E-state index contributed by atoms with van der Waals surface area (Å²) in [5.41, 5.74) is 1.09. The topological polar surface area (TPSA) is 32.3 Å². The fourth-order valence-electron chi connectivity index (χ4n) is 1.66. The number of carbonyl (C=O) groups is 1. The molecule has 0 bridgehead atoms. The first-order valence-corrected chi connectivity index (χ1v) is 7.11. The maximum Gasteiger partial charge on any atom is 0.222 e. The molecule has 0 heterocycles. The number of rotatable bonds is 7. The van der Waals surface area contributed by atoms with E-state index in [0.29, 0.717) is 16.5 Å². The van der Waals surface area contributed by atoms with Crippen LogP contribution < -0.4 is 5.32 Å². The second-order valence-corrected chi connectivity index (χ2v) is 5.47. The highest BCUT2D eigenvalue weighted by molar-refractivity contribution is 6.35. The van der Waals surface area contributed by atoms with E-state index in [1.165, 1.54) is 0 Å². The van der Waals surface area contributed by atoms with Crippen LogP contribution in [0.15, 0.2) is 18.2 Å². The molecule has 1 aromatic rings. The van der Waals surface area contributed by atoms with Crippen LogP contribution >= 0.6 is 23.2 Å². The quantitative estimate of drug-likeness (QED) is 0.785. The van der Waals surface area contributed by atoms with E-state index in [0.717, 1.165) is 31.5 Å². The van der Waals surface area contributed by atoms with Gasteiger partial charge in [-0.3, -0.25) is 4.79 Å². The third kappa shape index (κ3) is 6.28. The van der Waals surface area contributed by atoms with Crippen molar-refractivity contribution in [2.75, 3.05) is 27.2 Å². The van der Waals surface area contributed by atoms with Crippen molar-refractivity contribution in [3.63, 3.8) is 0 Å². The molecule has 0 aliphatic carbocycles. The second kappa shape index (κ2) is 8.41. The van der Waals surface area contributed by atoms with Crippen LogP contribution in [-0.2, 0) is 11.2 Å². The van der Waals surface area contributed by atoms with E-state index in [1.54, 1.807) is 25.1 Å². The van der Waals surface area contributed by atoms with Crippen molar-refractivity contribution < 1.29 is 4.79 Å². The van der Waals surface area contributed by atoms with Gasteiger partial charge in [0.1, 0.15) is 0 Å². The number of hydrogen-bond acceptors (Lipinski definition) is 2. The van der Waals surface area contributed by atoms with E-state index in [2.05, 4.69) is 5.32 Å². The zero-order valence-corrected chi connectivity index (χ0v) is 12.9. The minimum Gasteiger partial charge on any atom is -0.349 e. The smallest absolute Gasteiger partial charge is 0.222 e. The molecule has 3 nitrogen and oxygen atoms in total. The molecule has 19 heavy (non-hydrogen) atoms. The molecule has 1 N–H and O–H groups in total. The lowest BCUT2D eigenvalue weighted by Gasteiger charge is -2.10. The molecular weight excluding hydrogens is 283 g/mol. The summed E-state index contributed by atoms with van der Waals surface area (Å²) in [5, 5.41) is 4.67. The fraction of sp³-hybridized carbons (Fsp3) is 0.500. The van der Waals surface area contributed by atoms with Crippen LogP contribution in [0.5, 0.6) is 0 Å². The standard InChI is InChI=1S/C14H20Cl2N2O/c1-18(2)14(19)4-3-8-17-9-7-11-5-6-12(15)10-13(11)16/h5-6,10,17H,3-4,7-9H2,1-2H3. The Morgan fingerprint density at radius 1 is 1.26 bits per heavy atom. The van der Waals surface area contributed by atoms with Crippen LogP contribution in [0.4, 0.5) is 0 Å². The number of carbonyl (C=O) groups excluding carboxylic acids is 1. The lowest BCUT2D eigenvalue weighted by atomic mass is 10.1. The number of nitrogens with zero attached hydrogens (tertiary/aromatic N) is 1. The van der Waals surface area contributed by atoms with Gasteiger partial charge < -0.3 is 10.2 Å². The predicted octanol–water partition coefficient (Wildman–Crippen LogP) is 2.99. The fourth-order valence-corrected chi connectivity index (χ4v) is 2.16. The summed E-state index contributed by atoms with van der Waals surface area (Å²) < 4.78 is 0.